The van der Waals surface area contributed by atoms with Gasteiger partial charge in [-0.05, 0) is 36.4 Å². The Morgan fingerprint density at radius 1 is 1.20 bits per heavy atom. The minimum Gasteiger partial charge on any atom is -0.469 e. The fraction of sp³-hybridized carbons (Fsp3) is 0.214. The number of hydrogen-bond acceptors (Lipinski definition) is 4. The lowest BCUT2D eigenvalue weighted by Crippen LogP contribution is -2.25. The quantitative estimate of drug-likeness (QED) is 0.909. The number of amides is 1. The molecule has 0 radical (unpaired) electrons. The van der Waals surface area contributed by atoms with Crippen molar-refractivity contribution in [2.24, 2.45) is 0 Å². The van der Waals surface area contributed by atoms with E-state index in [-0.39, 0.29) is 10.8 Å². The Labute approximate surface area is 117 Å². The molecule has 1 N–H and O–H groups in total. The Hall–Kier alpha value is -2.08. The Morgan fingerprint density at radius 2 is 1.90 bits per heavy atom. The summed E-state index contributed by atoms with van der Waals surface area (Å²) in [5, 5.41) is 2.75. The molecule has 0 aliphatic heterocycles. The third kappa shape index (κ3) is 3.71. The van der Waals surface area contributed by atoms with Gasteiger partial charge in [0.1, 0.15) is 5.76 Å². The van der Waals surface area contributed by atoms with E-state index in [1.54, 1.807) is 12.3 Å². The van der Waals surface area contributed by atoms with Gasteiger partial charge in [0.2, 0.25) is 0 Å². The van der Waals surface area contributed by atoms with Gasteiger partial charge >= 0.3 is 0 Å². The summed E-state index contributed by atoms with van der Waals surface area (Å²) in [6.07, 6.45) is 3.33. The number of benzene rings is 1. The molecule has 0 aliphatic rings. The van der Waals surface area contributed by atoms with Crippen LogP contribution >= 0.6 is 0 Å². The molecule has 2 aromatic rings. The lowest BCUT2D eigenvalue weighted by atomic mass is 10.2. The Bertz CT molecular complexity index is 672. The summed E-state index contributed by atoms with van der Waals surface area (Å²) in [4.78, 5) is 12.0. The van der Waals surface area contributed by atoms with Gasteiger partial charge in [0.25, 0.3) is 5.91 Å². The van der Waals surface area contributed by atoms with Crippen LogP contribution in [0.5, 0.6) is 0 Å². The molecule has 0 saturated carbocycles. The zero-order chi connectivity index (χ0) is 14.6. The second-order valence-electron chi connectivity index (χ2n) is 4.38. The van der Waals surface area contributed by atoms with Gasteiger partial charge in [-0.25, -0.2) is 8.42 Å². The molecule has 2 rings (SSSR count). The lowest BCUT2D eigenvalue weighted by Gasteiger charge is -2.05. The van der Waals surface area contributed by atoms with Gasteiger partial charge in [-0.15, -0.1) is 0 Å². The highest BCUT2D eigenvalue weighted by atomic mass is 32.2. The first-order chi connectivity index (χ1) is 9.47. The Balaban J connectivity index is 1.92. The Kier molecular flexibility index (Phi) is 4.24. The molecule has 6 heteroatoms. The first kappa shape index (κ1) is 14.3. The minimum absolute atomic E-state index is 0.199. The van der Waals surface area contributed by atoms with Crippen LogP contribution in [0.25, 0.3) is 0 Å². The summed E-state index contributed by atoms with van der Waals surface area (Å²) in [5.74, 6) is 0.564. The van der Waals surface area contributed by atoms with Crippen LogP contribution in [0.1, 0.15) is 16.1 Å². The zero-order valence-corrected chi connectivity index (χ0v) is 11.8. The van der Waals surface area contributed by atoms with E-state index in [4.69, 9.17) is 4.42 Å². The predicted molar refractivity (Wildman–Crippen MR) is 74.3 cm³/mol. The number of nitrogens with one attached hydrogen (secondary N) is 1. The number of carbonyl (C=O) groups excluding carboxylic acids is 1. The van der Waals surface area contributed by atoms with Gasteiger partial charge in [0, 0.05) is 24.8 Å². The predicted octanol–water partition coefficient (Wildman–Crippen LogP) is 1.66. The zero-order valence-electron chi connectivity index (χ0n) is 11.0. The summed E-state index contributed by atoms with van der Waals surface area (Å²) in [7, 11) is -3.24. The van der Waals surface area contributed by atoms with E-state index in [1.807, 2.05) is 6.07 Å². The molecule has 0 atom stereocenters. The summed E-state index contributed by atoms with van der Waals surface area (Å²) >= 11 is 0. The molecule has 0 unspecified atom stereocenters. The lowest BCUT2D eigenvalue weighted by molar-refractivity contribution is 0.0953. The molecule has 1 amide bonds. The van der Waals surface area contributed by atoms with Crippen molar-refractivity contribution in [2.75, 3.05) is 12.8 Å². The normalized spacial score (nSPS) is 11.2. The van der Waals surface area contributed by atoms with Crippen molar-refractivity contribution >= 4 is 15.7 Å². The van der Waals surface area contributed by atoms with Crippen LogP contribution in [-0.2, 0) is 16.3 Å². The van der Waals surface area contributed by atoms with Crippen molar-refractivity contribution in [1.82, 2.24) is 5.32 Å². The van der Waals surface area contributed by atoms with E-state index in [9.17, 15) is 13.2 Å². The topological polar surface area (TPSA) is 76.4 Å². The third-order valence-corrected chi connectivity index (χ3v) is 3.91. The molecule has 0 aliphatic carbocycles. The van der Waals surface area contributed by atoms with Gasteiger partial charge in [0.05, 0.1) is 11.2 Å². The van der Waals surface area contributed by atoms with Crippen LogP contribution in [0.2, 0.25) is 0 Å². The maximum Gasteiger partial charge on any atom is 0.251 e. The summed E-state index contributed by atoms with van der Waals surface area (Å²) in [6.45, 7) is 0.459. The number of rotatable bonds is 5. The third-order valence-electron chi connectivity index (χ3n) is 2.78. The molecular formula is C14H15NO4S. The number of sulfone groups is 1. The minimum atomic E-state index is -3.24. The largest absolute Gasteiger partial charge is 0.469 e. The molecule has 20 heavy (non-hydrogen) atoms. The van der Waals surface area contributed by atoms with E-state index >= 15 is 0 Å². The van der Waals surface area contributed by atoms with E-state index in [2.05, 4.69) is 5.32 Å². The van der Waals surface area contributed by atoms with Crippen LogP contribution in [0.4, 0.5) is 0 Å². The smallest absolute Gasteiger partial charge is 0.251 e. The van der Waals surface area contributed by atoms with Crippen LogP contribution in [0.15, 0.2) is 52.0 Å². The van der Waals surface area contributed by atoms with Gasteiger partial charge in [0.15, 0.2) is 9.84 Å². The summed E-state index contributed by atoms with van der Waals surface area (Å²) < 4.78 is 27.8. The van der Waals surface area contributed by atoms with E-state index in [0.717, 1.165) is 12.0 Å². The molecule has 0 fully saturated rings. The molecule has 0 saturated heterocycles. The highest BCUT2D eigenvalue weighted by Gasteiger charge is 2.09. The SMILES string of the molecule is CS(=O)(=O)c1ccc(C(=O)NCCc2ccco2)cc1. The standard InChI is InChI=1S/C14H15NO4S/c1-20(17,18)13-6-4-11(5-7-13)14(16)15-9-8-12-3-2-10-19-12/h2-7,10H,8-9H2,1H3,(H,15,16). The number of carbonyl (C=O) groups is 1. The van der Waals surface area contributed by atoms with Gasteiger partial charge in [-0.1, -0.05) is 0 Å². The molecule has 5 nitrogen and oxygen atoms in total. The molecule has 1 heterocycles. The number of hydrogen-bond donors (Lipinski definition) is 1. The molecule has 1 aromatic carbocycles. The first-order valence-corrected chi connectivity index (χ1v) is 7.96. The van der Waals surface area contributed by atoms with Gasteiger partial charge in [-0.2, -0.15) is 0 Å². The molecule has 0 bridgehead atoms. The fourth-order valence-electron chi connectivity index (χ4n) is 1.71. The van der Waals surface area contributed by atoms with Gasteiger partial charge < -0.3 is 9.73 Å². The molecule has 0 spiro atoms. The Morgan fingerprint density at radius 3 is 2.45 bits per heavy atom. The fourth-order valence-corrected chi connectivity index (χ4v) is 2.34. The summed E-state index contributed by atoms with van der Waals surface area (Å²) in [5.41, 5.74) is 0.428. The van der Waals surface area contributed by atoms with Crippen molar-refractivity contribution < 1.29 is 17.6 Å². The van der Waals surface area contributed by atoms with Crippen molar-refractivity contribution in [1.29, 1.82) is 0 Å². The van der Waals surface area contributed by atoms with Crippen molar-refractivity contribution in [3.05, 3.63) is 54.0 Å². The second-order valence-corrected chi connectivity index (χ2v) is 6.40. The second kappa shape index (κ2) is 5.92. The molecule has 106 valence electrons. The van der Waals surface area contributed by atoms with Gasteiger partial charge in [-0.3, -0.25) is 4.79 Å². The maximum absolute atomic E-state index is 11.8. The average molecular weight is 293 g/mol. The van der Waals surface area contributed by atoms with E-state index < -0.39 is 9.84 Å². The maximum atomic E-state index is 11.8. The monoisotopic (exact) mass is 293 g/mol. The van der Waals surface area contributed by atoms with E-state index in [0.29, 0.717) is 18.5 Å². The van der Waals surface area contributed by atoms with Crippen LogP contribution in [0, 0.1) is 0 Å². The highest BCUT2D eigenvalue weighted by molar-refractivity contribution is 7.90. The highest BCUT2D eigenvalue weighted by Crippen LogP contribution is 2.10. The average Bonchev–Trinajstić information content (AvgIpc) is 2.91. The van der Waals surface area contributed by atoms with Crippen LogP contribution in [0.3, 0.4) is 0 Å². The first-order valence-electron chi connectivity index (χ1n) is 6.07. The van der Waals surface area contributed by atoms with Crippen molar-refractivity contribution in [2.45, 2.75) is 11.3 Å². The van der Waals surface area contributed by atoms with Crippen LogP contribution < -0.4 is 5.32 Å². The summed E-state index contributed by atoms with van der Waals surface area (Å²) in [6, 6.07) is 9.49. The van der Waals surface area contributed by atoms with Crippen molar-refractivity contribution in [3.8, 4) is 0 Å². The van der Waals surface area contributed by atoms with Crippen molar-refractivity contribution in [3.63, 3.8) is 0 Å². The van der Waals surface area contributed by atoms with E-state index in [1.165, 1.54) is 24.3 Å². The van der Waals surface area contributed by atoms with Crippen LogP contribution in [-0.4, -0.2) is 27.1 Å². The number of furan rings is 1. The molecular weight excluding hydrogens is 278 g/mol. The molecule has 1 aromatic heterocycles.